The number of aromatic nitrogens is 2. The van der Waals surface area contributed by atoms with Crippen LogP contribution in [0.2, 0.25) is 0 Å². The van der Waals surface area contributed by atoms with E-state index in [0.717, 1.165) is 0 Å². The number of carbonyl (C=O) groups excluding carboxylic acids is 1. The molecule has 0 fully saturated rings. The van der Waals surface area contributed by atoms with Gasteiger partial charge < -0.3 is 9.32 Å². The number of nitrogens with zero attached hydrogens (tertiary/aromatic N) is 3. The van der Waals surface area contributed by atoms with Gasteiger partial charge in [-0.05, 0) is 55.5 Å². The third kappa shape index (κ3) is 4.09. The molecule has 4 rings (SSSR count). The predicted octanol–water partition coefficient (Wildman–Crippen LogP) is 4.45. The Hall–Kier alpha value is -3.45. The zero-order valence-electron chi connectivity index (χ0n) is 16.7. The van der Waals surface area contributed by atoms with Gasteiger partial charge in [0, 0.05) is 0 Å². The Morgan fingerprint density at radius 2 is 1.90 bits per heavy atom. The van der Waals surface area contributed by atoms with Gasteiger partial charge in [-0.3, -0.25) is 14.2 Å². The zero-order valence-corrected chi connectivity index (χ0v) is 17.4. The first-order chi connectivity index (χ1) is 15.0. The predicted molar refractivity (Wildman–Crippen MR) is 116 cm³/mol. The summed E-state index contributed by atoms with van der Waals surface area (Å²) >= 11 is 5.87. The number of hydrogen-bond donors (Lipinski definition) is 0. The number of benzene rings is 2. The molecule has 4 aromatic rings. The van der Waals surface area contributed by atoms with E-state index in [2.05, 4.69) is 0 Å². The number of halogens is 2. The van der Waals surface area contributed by atoms with Crippen LogP contribution < -0.4 is 5.56 Å². The normalized spacial score (nSPS) is 12.1. The number of fused-ring (bicyclic) bond motifs is 1. The molecule has 2 aromatic carbocycles. The van der Waals surface area contributed by atoms with E-state index < -0.39 is 11.9 Å². The lowest BCUT2D eigenvalue weighted by atomic mass is 10.1. The van der Waals surface area contributed by atoms with Crippen LogP contribution in [0.1, 0.15) is 24.6 Å². The Labute approximate surface area is 182 Å². The molecule has 0 saturated heterocycles. The summed E-state index contributed by atoms with van der Waals surface area (Å²) in [5, 5.41) is 0.420. The fourth-order valence-corrected chi connectivity index (χ4v) is 3.65. The molecule has 6 nitrogen and oxygen atoms in total. The van der Waals surface area contributed by atoms with Gasteiger partial charge in [0.25, 0.3) is 5.56 Å². The topological polar surface area (TPSA) is 68.3 Å². The molecule has 1 unspecified atom stereocenters. The Kier molecular flexibility index (Phi) is 5.86. The molecule has 158 valence electrons. The van der Waals surface area contributed by atoms with Crippen LogP contribution in [0.5, 0.6) is 0 Å². The summed E-state index contributed by atoms with van der Waals surface area (Å²) in [5.74, 6) is -0.0861. The van der Waals surface area contributed by atoms with Gasteiger partial charge in [0.1, 0.15) is 23.3 Å². The minimum absolute atomic E-state index is 0.159. The molecule has 0 radical (unpaired) electrons. The van der Waals surface area contributed by atoms with Gasteiger partial charge >= 0.3 is 0 Å². The lowest BCUT2D eigenvalue weighted by Gasteiger charge is -2.29. The molecule has 0 spiro atoms. The maximum absolute atomic E-state index is 13.5. The van der Waals surface area contributed by atoms with Gasteiger partial charge in [-0.2, -0.15) is 0 Å². The van der Waals surface area contributed by atoms with Crippen molar-refractivity contribution in [2.24, 2.45) is 0 Å². The second-order valence-corrected chi connectivity index (χ2v) is 7.28. The minimum atomic E-state index is -0.626. The van der Waals surface area contributed by atoms with E-state index in [1.54, 1.807) is 43.3 Å². The van der Waals surface area contributed by atoms with Crippen LogP contribution in [0.3, 0.4) is 0 Å². The van der Waals surface area contributed by atoms with E-state index in [4.69, 9.17) is 21.0 Å². The molecular formula is C23H19ClFN3O3. The first-order valence-electron chi connectivity index (χ1n) is 9.65. The molecule has 2 aromatic heterocycles. The van der Waals surface area contributed by atoms with Crippen molar-refractivity contribution in [1.82, 2.24) is 14.5 Å². The molecule has 0 aliphatic heterocycles. The third-order valence-corrected chi connectivity index (χ3v) is 5.30. The van der Waals surface area contributed by atoms with E-state index in [9.17, 15) is 14.0 Å². The summed E-state index contributed by atoms with van der Waals surface area (Å²) in [6.07, 6.45) is 1.52. The smallest absolute Gasteiger partial charge is 0.266 e. The van der Waals surface area contributed by atoms with Crippen LogP contribution >= 0.6 is 11.6 Å². The molecule has 0 bridgehead atoms. The second kappa shape index (κ2) is 8.73. The lowest BCUT2D eigenvalue weighted by Crippen LogP contribution is -2.37. The van der Waals surface area contributed by atoms with Crippen molar-refractivity contribution in [2.75, 3.05) is 5.88 Å². The molecule has 31 heavy (non-hydrogen) atoms. The van der Waals surface area contributed by atoms with E-state index in [-0.39, 0.29) is 23.9 Å². The van der Waals surface area contributed by atoms with Gasteiger partial charge in [0.05, 0.1) is 35.4 Å². The van der Waals surface area contributed by atoms with Crippen molar-refractivity contribution in [2.45, 2.75) is 19.5 Å². The van der Waals surface area contributed by atoms with Crippen LogP contribution in [-0.4, -0.2) is 26.2 Å². The minimum Gasteiger partial charge on any atom is -0.467 e. The number of para-hydroxylation sites is 1. The number of amides is 1. The van der Waals surface area contributed by atoms with Gasteiger partial charge in [-0.1, -0.05) is 12.1 Å². The molecule has 8 heteroatoms. The second-order valence-electron chi connectivity index (χ2n) is 7.01. The van der Waals surface area contributed by atoms with E-state index in [1.165, 1.54) is 40.0 Å². The highest BCUT2D eigenvalue weighted by Gasteiger charge is 2.27. The van der Waals surface area contributed by atoms with Crippen molar-refractivity contribution in [1.29, 1.82) is 0 Å². The number of alkyl halides is 1. The third-order valence-electron chi connectivity index (χ3n) is 5.07. The van der Waals surface area contributed by atoms with Crippen molar-refractivity contribution in [3.05, 3.63) is 94.7 Å². The quantitative estimate of drug-likeness (QED) is 0.416. The highest BCUT2D eigenvalue weighted by atomic mass is 35.5. The van der Waals surface area contributed by atoms with Gasteiger partial charge in [-0.25, -0.2) is 9.37 Å². The highest BCUT2D eigenvalue weighted by Crippen LogP contribution is 2.25. The first-order valence-corrected chi connectivity index (χ1v) is 10.2. The van der Waals surface area contributed by atoms with Crippen LogP contribution in [0.25, 0.3) is 16.6 Å². The number of carbonyl (C=O) groups is 1. The summed E-state index contributed by atoms with van der Waals surface area (Å²) in [4.78, 5) is 32.3. The van der Waals surface area contributed by atoms with Gasteiger partial charge in [-0.15, -0.1) is 11.6 Å². The molecular weight excluding hydrogens is 421 g/mol. The van der Waals surface area contributed by atoms with Crippen molar-refractivity contribution in [3.63, 3.8) is 0 Å². The van der Waals surface area contributed by atoms with Crippen molar-refractivity contribution >= 4 is 28.4 Å². The summed E-state index contributed by atoms with van der Waals surface area (Å²) in [6, 6.07) is 15.4. The van der Waals surface area contributed by atoms with Gasteiger partial charge in [0.15, 0.2) is 0 Å². The summed E-state index contributed by atoms with van der Waals surface area (Å²) < 4.78 is 20.3. The van der Waals surface area contributed by atoms with E-state index in [1.807, 2.05) is 0 Å². The molecule has 1 atom stereocenters. The number of hydrogen-bond acceptors (Lipinski definition) is 4. The van der Waals surface area contributed by atoms with E-state index >= 15 is 0 Å². The average Bonchev–Trinajstić information content (AvgIpc) is 3.30. The van der Waals surface area contributed by atoms with E-state index in [0.29, 0.717) is 28.2 Å². The highest BCUT2D eigenvalue weighted by molar-refractivity contribution is 6.27. The van der Waals surface area contributed by atoms with Crippen molar-refractivity contribution in [3.8, 4) is 5.69 Å². The molecule has 1 amide bonds. The Bertz CT molecular complexity index is 1270. The summed E-state index contributed by atoms with van der Waals surface area (Å²) in [5.41, 5.74) is 0.641. The molecule has 0 aliphatic carbocycles. The maximum Gasteiger partial charge on any atom is 0.266 e. The number of furan rings is 1. The lowest BCUT2D eigenvalue weighted by molar-refractivity contribution is -0.131. The molecule has 2 heterocycles. The number of rotatable bonds is 6. The summed E-state index contributed by atoms with van der Waals surface area (Å²) in [6.45, 7) is 1.93. The fourth-order valence-electron chi connectivity index (χ4n) is 3.50. The fraction of sp³-hybridized carbons (Fsp3) is 0.174. The standard InChI is InChI=1S/C23H19ClFN3O3/c1-15(27(21(29)13-24)14-18-5-4-12-31-18)22-26-20-7-3-2-6-19(20)23(30)28(22)17-10-8-16(25)9-11-17/h2-12,15H,13-14H2,1H3. The molecule has 0 aliphatic rings. The molecule has 0 N–H and O–H groups in total. The Morgan fingerprint density at radius 1 is 1.16 bits per heavy atom. The van der Waals surface area contributed by atoms with Gasteiger partial charge in [0.2, 0.25) is 5.91 Å². The largest absolute Gasteiger partial charge is 0.467 e. The van der Waals surface area contributed by atoms with Crippen LogP contribution in [0.4, 0.5) is 4.39 Å². The maximum atomic E-state index is 13.5. The Balaban J connectivity index is 1.91. The molecule has 0 saturated carbocycles. The Morgan fingerprint density at radius 3 is 2.58 bits per heavy atom. The zero-order chi connectivity index (χ0) is 22.0. The van der Waals surface area contributed by atoms with Crippen LogP contribution in [0.15, 0.2) is 76.1 Å². The first kappa shape index (κ1) is 20.8. The SMILES string of the molecule is CC(c1nc2ccccc2c(=O)n1-c1ccc(F)cc1)N(Cc1ccco1)C(=O)CCl. The monoisotopic (exact) mass is 439 g/mol. The summed E-state index contributed by atoms with van der Waals surface area (Å²) in [7, 11) is 0. The van der Waals surface area contributed by atoms with Crippen LogP contribution in [-0.2, 0) is 11.3 Å². The van der Waals surface area contributed by atoms with Crippen molar-refractivity contribution < 1.29 is 13.6 Å². The average molecular weight is 440 g/mol. The van der Waals surface area contributed by atoms with Crippen LogP contribution in [0, 0.1) is 5.82 Å².